The van der Waals surface area contributed by atoms with Gasteiger partial charge in [-0.25, -0.2) is 0 Å². The molecule has 3 heterocycles. The minimum Gasteiger partial charge on any atom is -0.310 e. The Morgan fingerprint density at radius 1 is 0.960 bits per heavy atom. The number of fused-ring (bicyclic) bond motifs is 1. The van der Waals surface area contributed by atoms with Crippen molar-refractivity contribution in [2.45, 2.75) is 26.4 Å². The Hall–Kier alpha value is -1.17. The zero-order valence-corrected chi connectivity index (χ0v) is 16.3. The van der Waals surface area contributed by atoms with Gasteiger partial charge in [-0.15, -0.1) is 0 Å². The van der Waals surface area contributed by atoms with Crippen LogP contribution in [0.1, 0.15) is 19.4 Å². The van der Waals surface area contributed by atoms with E-state index in [9.17, 15) is 0 Å². The standard InChI is InChI=1S/C20H30N4S/c1-17(2)22-7-9-23(10-8-22)24-16-18(15-21-11-13-25-14-12-21)19-5-3-4-6-20(19)24/h3-6,16-17H,7-15H2,1-2H3. The van der Waals surface area contributed by atoms with Gasteiger partial charge in [0.1, 0.15) is 0 Å². The van der Waals surface area contributed by atoms with Gasteiger partial charge in [0.25, 0.3) is 0 Å². The summed E-state index contributed by atoms with van der Waals surface area (Å²) in [7, 11) is 0. The molecule has 4 nitrogen and oxygen atoms in total. The Bertz CT molecular complexity index is 697. The van der Waals surface area contributed by atoms with E-state index in [1.165, 1.54) is 41.1 Å². The summed E-state index contributed by atoms with van der Waals surface area (Å²) in [6.07, 6.45) is 2.40. The summed E-state index contributed by atoms with van der Waals surface area (Å²) in [4.78, 5) is 5.19. The van der Waals surface area contributed by atoms with Crippen molar-refractivity contribution in [1.82, 2.24) is 14.5 Å². The fourth-order valence-electron chi connectivity index (χ4n) is 4.04. The Morgan fingerprint density at radius 2 is 1.68 bits per heavy atom. The van der Waals surface area contributed by atoms with Crippen molar-refractivity contribution < 1.29 is 0 Å². The highest BCUT2D eigenvalue weighted by Gasteiger charge is 2.21. The van der Waals surface area contributed by atoms with Gasteiger partial charge in [0.15, 0.2) is 0 Å². The van der Waals surface area contributed by atoms with Crippen molar-refractivity contribution in [3.8, 4) is 0 Å². The normalized spacial score (nSPS) is 20.7. The van der Waals surface area contributed by atoms with Crippen LogP contribution in [0.25, 0.3) is 10.9 Å². The lowest BCUT2D eigenvalue weighted by molar-refractivity contribution is 0.197. The first-order valence-corrected chi connectivity index (χ1v) is 10.8. The number of rotatable bonds is 4. The molecule has 0 N–H and O–H groups in total. The fourth-order valence-corrected chi connectivity index (χ4v) is 5.01. The van der Waals surface area contributed by atoms with Crippen molar-refractivity contribution in [3.63, 3.8) is 0 Å². The van der Waals surface area contributed by atoms with Crippen molar-refractivity contribution in [1.29, 1.82) is 0 Å². The van der Waals surface area contributed by atoms with Gasteiger partial charge in [0.05, 0.1) is 5.52 Å². The fraction of sp³-hybridized carbons (Fsp3) is 0.600. The molecule has 0 saturated carbocycles. The molecule has 0 unspecified atom stereocenters. The molecule has 0 amide bonds. The minimum atomic E-state index is 0.649. The summed E-state index contributed by atoms with van der Waals surface area (Å²) in [6, 6.07) is 9.57. The van der Waals surface area contributed by atoms with E-state index < -0.39 is 0 Å². The quantitative estimate of drug-likeness (QED) is 0.834. The third kappa shape index (κ3) is 3.69. The van der Waals surface area contributed by atoms with E-state index in [0.29, 0.717) is 6.04 Å². The van der Waals surface area contributed by atoms with E-state index >= 15 is 0 Å². The molecular weight excluding hydrogens is 328 g/mol. The maximum Gasteiger partial charge on any atom is 0.0698 e. The molecule has 2 aliphatic rings. The lowest BCUT2D eigenvalue weighted by atomic mass is 10.1. The molecule has 2 saturated heterocycles. The van der Waals surface area contributed by atoms with E-state index in [4.69, 9.17) is 0 Å². The number of nitrogens with zero attached hydrogens (tertiary/aromatic N) is 4. The minimum absolute atomic E-state index is 0.649. The van der Waals surface area contributed by atoms with Crippen molar-refractivity contribution in [2.75, 3.05) is 55.8 Å². The number of hydrogen-bond acceptors (Lipinski definition) is 4. The molecule has 1 aromatic carbocycles. The van der Waals surface area contributed by atoms with Crippen LogP contribution in [0.5, 0.6) is 0 Å². The predicted octanol–water partition coefficient (Wildman–Crippen LogP) is 2.85. The van der Waals surface area contributed by atoms with Gasteiger partial charge in [0, 0.05) is 74.9 Å². The van der Waals surface area contributed by atoms with Gasteiger partial charge >= 0.3 is 0 Å². The van der Waals surface area contributed by atoms with E-state index in [2.05, 4.69) is 75.6 Å². The Kier molecular flexibility index (Phi) is 5.25. The van der Waals surface area contributed by atoms with E-state index in [1.807, 2.05) is 0 Å². The predicted molar refractivity (Wildman–Crippen MR) is 109 cm³/mol. The zero-order chi connectivity index (χ0) is 17.2. The van der Waals surface area contributed by atoms with E-state index in [-0.39, 0.29) is 0 Å². The van der Waals surface area contributed by atoms with Crippen LogP contribution in [0.4, 0.5) is 0 Å². The lowest BCUT2D eigenvalue weighted by Gasteiger charge is -2.38. The summed E-state index contributed by atoms with van der Waals surface area (Å²) in [6.45, 7) is 12.7. The van der Waals surface area contributed by atoms with E-state index in [0.717, 1.165) is 32.7 Å². The van der Waals surface area contributed by atoms with Crippen LogP contribution in [-0.2, 0) is 6.54 Å². The number of piperazine rings is 1. The lowest BCUT2D eigenvalue weighted by Crippen LogP contribution is -2.52. The second kappa shape index (κ2) is 7.60. The summed E-state index contributed by atoms with van der Waals surface area (Å²) in [5.41, 5.74) is 2.84. The summed E-state index contributed by atoms with van der Waals surface area (Å²) >= 11 is 2.08. The SMILES string of the molecule is CC(C)N1CCN(n2cc(CN3CCSCC3)c3ccccc32)CC1. The van der Waals surface area contributed by atoms with Gasteiger partial charge in [-0.05, 0) is 25.5 Å². The molecule has 5 heteroatoms. The third-order valence-electron chi connectivity index (χ3n) is 5.60. The first-order valence-electron chi connectivity index (χ1n) is 9.61. The average Bonchev–Trinajstić information content (AvgIpc) is 3.01. The van der Waals surface area contributed by atoms with E-state index in [1.54, 1.807) is 0 Å². The third-order valence-corrected chi connectivity index (χ3v) is 6.54. The average molecular weight is 359 g/mol. The first kappa shape index (κ1) is 17.3. The Labute approximate surface area is 155 Å². The maximum absolute atomic E-state index is 2.61. The molecular formula is C20H30N4S. The van der Waals surface area contributed by atoms with Crippen LogP contribution >= 0.6 is 11.8 Å². The van der Waals surface area contributed by atoms with Crippen LogP contribution in [-0.4, -0.2) is 71.3 Å². The summed E-state index contributed by atoms with van der Waals surface area (Å²) in [5.74, 6) is 2.55. The number of thioether (sulfide) groups is 1. The molecule has 2 fully saturated rings. The second-order valence-corrected chi connectivity index (χ2v) is 8.71. The largest absolute Gasteiger partial charge is 0.310 e. The monoisotopic (exact) mass is 358 g/mol. The smallest absolute Gasteiger partial charge is 0.0698 e. The first-order chi connectivity index (χ1) is 12.2. The van der Waals surface area contributed by atoms with Crippen LogP contribution in [0, 0.1) is 0 Å². The van der Waals surface area contributed by atoms with Crippen LogP contribution in [0.15, 0.2) is 30.5 Å². The molecule has 0 radical (unpaired) electrons. The van der Waals surface area contributed by atoms with Gasteiger partial charge < -0.3 is 5.01 Å². The molecule has 4 rings (SSSR count). The molecule has 2 aliphatic heterocycles. The highest BCUT2D eigenvalue weighted by Crippen LogP contribution is 2.24. The second-order valence-electron chi connectivity index (χ2n) is 7.49. The molecule has 2 aromatic rings. The molecule has 0 aliphatic carbocycles. The number of hydrogen-bond donors (Lipinski definition) is 0. The Balaban J connectivity index is 1.57. The van der Waals surface area contributed by atoms with Gasteiger partial charge in [0.2, 0.25) is 0 Å². The van der Waals surface area contributed by atoms with Crippen molar-refractivity contribution in [2.24, 2.45) is 0 Å². The number of benzene rings is 1. The highest BCUT2D eigenvalue weighted by molar-refractivity contribution is 7.99. The van der Waals surface area contributed by atoms with Gasteiger partial charge in [-0.2, -0.15) is 11.8 Å². The Morgan fingerprint density at radius 3 is 2.40 bits per heavy atom. The molecule has 0 bridgehead atoms. The molecule has 0 atom stereocenters. The topological polar surface area (TPSA) is 14.7 Å². The molecule has 0 spiro atoms. The summed E-state index contributed by atoms with van der Waals surface area (Å²) in [5, 5.41) is 3.95. The van der Waals surface area contributed by atoms with Crippen LogP contribution in [0.3, 0.4) is 0 Å². The maximum atomic E-state index is 2.61. The number of para-hydroxylation sites is 1. The zero-order valence-electron chi connectivity index (χ0n) is 15.5. The van der Waals surface area contributed by atoms with Crippen LogP contribution in [0.2, 0.25) is 0 Å². The molecule has 1 aromatic heterocycles. The highest BCUT2D eigenvalue weighted by atomic mass is 32.2. The molecule has 25 heavy (non-hydrogen) atoms. The number of aromatic nitrogens is 1. The van der Waals surface area contributed by atoms with Crippen molar-refractivity contribution in [3.05, 3.63) is 36.0 Å². The van der Waals surface area contributed by atoms with Gasteiger partial charge in [-0.3, -0.25) is 14.5 Å². The summed E-state index contributed by atoms with van der Waals surface area (Å²) < 4.78 is 2.43. The molecule has 136 valence electrons. The van der Waals surface area contributed by atoms with Gasteiger partial charge in [-0.1, -0.05) is 18.2 Å². The van der Waals surface area contributed by atoms with Crippen molar-refractivity contribution >= 4 is 22.7 Å². The van der Waals surface area contributed by atoms with Crippen LogP contribution < -0.4 is 5.01 Å².